The molecule has 10 heteroatoms. The van der Waals surface area contributed by atoms with Crippen LogP contribution < -0.4 is 10.6 Å². The van der Waals surface area contributed by atoms with Crippen LogP contribution in [0.15, 0.2) is 44.3 Å². The number of anilines is 1. The van der Waals surface area contributed by atoms with Gasteiger partial charge in [0.05, 0.1) is 17.3 Å². The molecule has 0 radical (unpaired) electrons. The van der Waals surface area contributed by atoms with Crippen LogP contribution in [0.3, 0.4) is 0 Å². The van der Waals surface area contributed by atoms with E-state index in [-0.39, 0.29) is 23.9 Å². The molecule has 1 fully saturated rings. The van der Waals surface area contributed by atoms with Crippen LogP contribution in [0.2, 0.25) is 0 Å². The van der Waals surface area contributed by atoms with Crippen molar-refractivity contribution >= 4 is 37.5 Å². The summed E-state index contributed by atoms with van der Waals surface area (Å²) in [6.45, 7) is 1.49. The van der Waals surface area contributed by atoms with Gasteiger partial charge in [-0.3, -0.25) is 4.79 Å². The lowest BCUT2D eigenvalue weighted by atomic mass is 10.2. The molecule has 1 aromatic carbocycles. The molecule has 0 spiro atoms. The Morgan fingerprint density at radius 1 is 1.19 bits per heavy atom. The number of furan rings is 1. The number of benzene rings is 1. The average Bonchev–Trinajstić information content (AvgIpc) is 3.13. The normalized spacial score (nSPS) is 15.6. The van der Waals surface area contributed by atoms with E-state index in [4.69, 9.17) is 15.4 Å². The number of carbonyl (C=O) groups excluding carboxylic acids is 1. The third-order valence-electron chi connectivity index (χ3n) is 4.07. The molecule has 8 nitrogen and oxygen atoms in total. The molecule has 136 valence electrons. The number of nitriles is 1. The maximum atomic E-state index is 12.6. The van der Waals surface area contributed by atoms with Crippen molar-refractivity contribution in [3.8, 4) is 6.07 Å². The largest absolute Gasteiger partial charge is 0.438 e. The molecule has 1 aromatic heterocycles. The quantitative estimate of drug-likeness (QED) is 0.771. The summed E-state index contributed by atoms with van der Waals surface area (Å²) in [6, 6.07) is 9.84. The Balaban J connectivity index is 1.73. The number of carbonyl (C=O) groups is 1. The zero-order valence-electron chi connectivity index (χ0n) is 13.6. The van der Waals surface area contributed by atoms with E-state index in [1.807, 2.05) is 11.0 Å². The highest BCUT2D eigenvalue weighted by molar-refractivity contribution is 9.10. The van der Waals surface area contributed by atoms with Crippen LogP contribution in [0.25, 0.3) is 0 Å². The lowest BCUT2D eigenvalue weighted by Crippen LogP contribution is -2.48. The minimum absolute atomic E-state index is 0.191. The second-order valence-corrected chi connectivity index (χ2v) is 8.38. The van der Waals surface area contributed by atoms with Gasteiger partial charge in [0.15, 0.2) is 5.76 Å². The fourth-order valence-electron chi connectivity index (χ4n) is 2.72. The molecule has 0 aliphatic carbocycles. The minimum atomic E-state index is -3.82. The van der Waals surface area contributed by atoms with Crippen LogP contribution in [-0.4, -0.2) is 44.8 Å². The number of amides is 1. The van der Waals surface area contributed by atoms with Crippen molar-refractivity contribution in [2.75, 3.05) is 31.1 Å². The number of nitrogens with zero attached hydrogens (tertiary/aromatic N) is 3. The number of hydrogen-bond donors (Lipinski definition) is 1. The molecule has 0 atom stereocenters. The van der Waals surface area contributed by atoms with E-state index in [0.717, 1.165) is 10.2 Å². The second-order valence-electron chi connectivity index (χ2n) is 5.65. The van der Waals surface area contributed by atoms with Crippen LogP contribution in [-0.2, 0) is 10.0 Å². The molecule has 2 N–H and O–H groups in total. The average molecular weight is 439 g/mol. The van der Waals surface area contributed by atoms with Crippen molar-refractivity contribution < 1.29 is 17.6 Å². The Bertz CT molecular complexity index is 988. The Labute approximate surface area is 159 Å². The van der Waals surface area contributed by atoms with Gasteiger partial charge in [-0.1, -0.05) is 0 Å². The van der Waals surface area contributed by atoms with Crippen LogP contribution in [0.5, 0.6) is 0 Å². The number of primary amides is 1. The molecule has 1 amide bonds. The summed E-state index contributed by atoms with van der Waals surface area (Å²) in [4.78, 5) is 13.1. The molecular weight excluding hydrogens is 424 g/mol. The molecule has 3 rings (SSSR count). The molecule has 2 heterocycles. The number of sulfonamides is 1. The van der Waals surface area contributed by atoms with Gasteiger partial charge < -0.3 is 15.1 Å². The molecule has 0 saturated carbocycles. The molecule has 1 aliphatic heterocycles. The lowest BCUT2D eigenvalue weighted by Gasteiger charge is -2.35. The zero-order valence-corrected chi connectivity index (χ0v) is 16.0. The maximum absolute atomic E-state index is 12.6. The monoisotopic (exact) mass is 438 g/mol. The van der Waals surface area contributed by atoms with Gasteiger partial charge in [0.1, 0.15) is 0 Å². The molecule has 0 bridgehead atoms. The van der Waals surface area contributed by atoms with Gasteiger partial charge in [-0.25, -0.2) is 8.42 Å². The van der Waals surface area contributed by atoms with Gasteiger partial charge in [0.2, 0.25) is 5.09 Å². The van der Waals surface area contributed by atoms with E-state index in [1.165, 1.54) is 16.4 Å². The lowest BCUT2D eigenvalue weighted by molar-refractivity contribution is 0.0968. The Kier molecular flexibility index (Phi) is 5.04. The molecule has 1 saturated heterocycles. The van der Waals surface area contributed by atoms with Crippen molar-refractivity contribution in [1.82, 2.24) is 4.31 Å². The third-order valence-corrected chi connectivity index (χ3v) is 6.48. The SMILES string of the molecule is N#Cc1ccc(N2CCN(S(=O)(=O)c3ccc(C(N)=O)o3)CC2)c(Br)c1. The second kappa shape index (κ2) is 7.11. The Morgan fingerprint density at radius 3 is 2.42 bits per heavy atom. The van der Waals surface area contributed by atoms with E-state index >= 15 is 0 Å². The molecule has 2 aromatic rings. The van der Waals surface area contributed by atoms with Gasteiger partial charge >= 0.3 is 0 Å². The van der Waals surface area contributed by atoms with Gasteiger partial charge in [0, 0.05) is 30.7 Å². The van der Waals surface area contributed by atoms with E-state index in [0.29, 0.717) is 18.7 Å². The first-order valence-corrected chi connectivity index (χ1v) is 9.90. The van der Waals surface area contributed by atoms with Gasteiger partial charge in [0.25, 0.3) is 15.9 Å². The van der Waals surface area contributed by atoms with Crippen LogP contribution in [0.1, 0.15) is 16.1 Å². The highest BCUT2D eigenvalue weighted by atomic mass is 79.9. The van der Waals surface area contributed by atoms with Crippen molar-refractivity contribution in [3.05, 3.63) is 46.1 Å². The van der Waals surface area contributed by atoms with Gasteiger partial charge in [-0.05, 0) is 46.3 Å². The highest BCUT2D eigenvalue weighted by Gasteiger charge is 2.31. The predicted octanol–water partition coefficient (Wildman–Crippen LogP) is 1.52. The first-order chi connectivity index (χ1) is 12.3. The van der Waals surface area contributed by atoms with Crippen LogP contribution >= 0.6 is 15.9 Å². The van der Waals surface area contributed by atoms with Gasteiger partial charge in [-0.15, -0.1) is 0 Å². The number of halogens is 1. The molecule has 1 aliphatic rings. The van der Waals surface area contributed by atoms with Gasteiger partial charge in [-0.2, -0.15) is 9.57 Å². The van der Waals surface area contributed by atoms with Crippen LogP contribution in [0.4, 0.5) is 5.69 Å². The molecular formula is C16H15BrN4O4S. The van der Waals surface area contributed by atoms with E-state index in [9.17, 15) is 13.2 Å². The number of nitrogens with two attached hydrogens (primary N) is 1. The first-order valence-electron chi connectivity index (χ1n) is 7.67. The summed E-state index contributed by atoms with van der Waals surface area (Å²) >= 11 is 3.45. The van der Waals surface area contributed by atoms with Crippen LogP contribution in [0, 0.1) is 11.3 Å². The number of piperazine rings is 1. The minimum Gasteiger partial charge on any atom is -0.438 e. The predicted molar refractivity (Wildman–Crippen MR) is 97.1 cm³/mol. The number of rotatable bonds is 4. The van der Waals surface area contributed by atoms with Crippen molar-refractivity contribution in [2.45, 2.75) is 5.09 Å². The topological polar surface area (TPSA) is 121 Å². The Morgan fingerprint density at radius 2 is 1.88 bits per heavy atom. The third kappa shape index (κ3) is 3.46. The smallest absolute Gasteiger partial charge is 0.284 e. The first kappa shape index (κ1) is 18.4. The summed E-state index contributed by atoms with van der Waals surface area (Å²) in [7, 11) is -3.82. The van der Waals surface area contributed by atoms with Crippen molar-refractivity contribution in [1.29, 1.82) is 5.26 Å². The van der Waals surface area contributed by atoms with Crippen molar-refractivity contribution in [2.24, 2.45) is 5.73 Å². The zero-order chi connectivity index (χ0) is 18.9. The fraction of sp³-hybridized carbons (Fsp3) is 0.250. The number of hydrogen-bond acceptors (Lipinski definition) is 6. The summed E-state index contributed by atoms with van der Waals surface area (Å²) in [5, 5.41) is 8.64. The molecule has 0 unspecified atom stereocenters. The van der Waals surface area contributed by atoms with E-state index < -0.39 is 15.9 Å². The highest BCUT2D eigenvalue weighted by Crippen LogP contribution is 2.29. The summed E-state index contributed by atoms with van der Waals surface area (Å²) in [5.41, 5.74) is 6.54. The Hall–Kier alpha value is -2.35. The standard InChI is InChI=1S/C16H15BrN4O4S/c17-12-9-11(10-18)1-2-13(12)20-5-7-21(8-6-20)26(23,24)15-4-3-14(25-15)16(19)22/h1-4,9H,5-8H2,(H2,19,22). The van der Waals surface area contributed by atoms with Crippen molar-refractivity contribution in [3.63, 3.8) is 0 Å². The van der Waals surface area contributed by atoms with E-state index in [1.54, 1.807) is 12.1 Å². The van der Waals surface area contributed by atoms with E-state index in [2.05, 4.69) is 22.0 Å². The molecule has 26 heavy (non-hydrogen) atoms. The maximum Gasteiger partial charge on any atom is 0.284 e. The summed E-state index contributed by atoms with van der Waals surface area (Å²) in [6.07, 6.45) is 0. The summed E-state index contributed by atoms with van der Waals surface area (Å²) in [5.74, 6) is -1.01. The summed E-state index contributed by atoms with van der Waals surface area (Å²) < 4.78 is 32.4. The fourth-order valence-corrected chi connectivity index (χ4v) is 4.68.